The Balaban J connectivity index is 1.78. The number of thioether (sulfide) groups is 1. The summed E-state index contributed by atoms with van der Waals surface area (Å²) in [5.74, 6) is 2.62. The molecule has 0 aromatic heterocycles. The molecule has 2 nitrogen and oxygen atoms in total. The summed E-state index contributed by atoms with van der Waals surface area (Å²) in [5.41, 5.74) is 2.83. The van der Waals surface area contributed by atoms with Gasteiger partial charge in [-0.1, -0.05) is 38.1 Å². The standard InChI is InChI=1S/C17H28N2S/c1-3-19(4-2)13-16-9-7-15(8-10-16)12-18-17-6-5-11-20-14-17/h7-10,17-18H,3-6,11-14H2,1-2H3. The van der Waals surface area contributed by atoms with Crippen LogP contribution in [-0.2, 0) is 13.1 Å². The molecule has 1 atom stereocenters. The third-order valence-corrected chi connectivity index (χ3v) is 5.29. The number of hydrogen-bond acceptors (Lipinski definition) is 3. The average Bonchev–Trinajstić information content (AvgIpc) is 2.53. The van der Waals surface area contributed by atoms with E-state index in [0.29, 0.717) is 6.04 Å². The highest BCUT2D eigenvalue weighted by atomic mass is 32.2. The van der Waals surface area contributed by atoms with Crippen LogP contribution < -0.4 is 5.32 Å². The lowest BCUT2D eigenvalue weighted by Gasteiger charge is -2.22. The number of nitrogens with one attached hydrogen (secondary N) is 1. The van der Waals surface area contributed by atoms with Crippen molar-refractivity contribution in [3.8, 4) is 0 Å². The summed E-state index contributed by atoms with van der Waals surface area (Å²) in [4.78, 5) is 2.45. The van der Waals surface area contributed by atoms with E-state index in [2.05, 4.69) is 60.1 Å². The van der Waals surface area contributed by atoms with Gasteiger partial charge in [-0.15, -0.1) is 0 Å². The summed E-state index contributed by atoms with van der Waals surface area (Å²) in [7, 11) is 0. The van der Waals surface area contributed by atoms with Crippen molar-refractivity contribution >= 4 is 11.8 Å². The van der Waals surface area contributed by atoms with Gasteiger partial charge in [-0.25, -0.2) is 0 Å². The Morgan fingerprint density at radius 1 is 1.15 bits per heavy atom. The third kappa shape index (κ3) is 5.12. The molecule has 1 aromatic rings. The van der Waals surface area contributed by atoms with Crippen LogP contribution in [0, 0.1) is 0 Å². The van der Waals surface area contributed by atoms with Crippen LogP contribution in [-0.4, -0.2) is 35.5 Å². The van der Waals surface area contributed by atoms with Gasteiger partial charge in [0.15, 0.2) is 0 Å². The number of nitrogens with zero attached hydrogens (tertiary/aromatic N) is 1. The van der Waals surface area contributed by atoms with Crippen molar-refractivity contribution in [3.05, 3.63) is 35.4 Å². The van der Waals surface area contributed by atoms with Crippen LogP contribution in [0.1, 0.15) is 37.8 Å². The fourth-order valence-electron chi connectivity index (χ4n) is 2.63. The number of hydrogen-bond donors (Lipinski definition) is 1. The quantitative estimate of drug-likeness (QED) is 0.828. The molecule has 1 aliphatic heterocycles. The molecular weight excluding hydrogens is 264 g/mol. The van der Waals surface area contributed by atoms with E-state index in [0.717, 1.165) is 26.2 Å². The second-order valence-electron chi connectivity index (χ2n) is 5.57. The second-order valence-corrected chi connectivity index (χ2v) is 6.72. The molecule has 0 amide bonds. The molecule has 1 unspecified atom stereocenters. The molecule has 1 aromatic carbocycles. The fourth-order valence-corrected chi connectivity index (χ4v) is 3.74. The van der Waals surface area contributed by atoms with Crippen LogP contribution in [0.2, 0.25) is 0 Å². The molecule has 0 spiro atoms. The molecule has 0 bridgehead atoms. The van der Waals surface area contributed by atoms with Crippen LogP contribution >= 0.6 is 11.8 Å². The van der Waals surface area contributed by atoms with E-state index in [4.69, 9.17) is 0 Å². The van der Waals surface area contributed by atoms with Crippen LogP contribution in [0.3, 0.4) is 0 Å². The number of rotatable bonds is 7. The Labute approximate surface area is 128 Å². The maximum absolute atomic E-state index is 3.69. The molecule has 1 aliphatic rings. The minimum absolute atomic E-state index is 0.712. The van der Waals surface area contributed by atoms with Gasteiger partial charge in [-0.2, -0.15) is 11.8 Å². The Morgan fingerprint density at radius 3 is 2.45 bits per heavy atom. The first-order valence-corrected chi connectivity index (χ1v) is 9.08. The fraction of sp³-hybridized carbons (Fsp3) is 0.647. The molecule has 2 rings (SSSR count). The molecular formula is C17H28N2S. The topological polar surface area (TPSA) is 15.3 Å². The zero-order valence-corrected chi connectivity index (χ0v) is 13.7. The Morgan fingerprint density at radius 2 is 1.85 bits per heavy atom. The minimum atomic E-state index is 0.712. The highest BCUT2D eigenvalue weighted by Crippen LogP contribution is 2.17. The predicted molar refractivity (Wildman–Crippen MR) is 90.3 cm³/mol. The maximum atomic E-state index is 3.69. The van der Waals surface area contributed by atoms with E-state index in [-0.39, 0.29) is 0 Å². The van der Waals surface area contributed by atoms with Crippen LogP contribution in [0.4, 0.5) is 0 Å². The summed E-state index contributed by atoms with van der Waals surface area (Å²) < 4.78 is 0. The molecule has 1 fully saturated rings. The van der Waals surface area contributed by atoms with Crippen molar-refractivity contribution in [2.75, 3.05) is 24.6 Å². The molecule has 1 saturated heterocycles. The van der Waals surface area contributed by atoms with E-state index in [9.17, 15) is 0 Å². The van der Waals surface area contributed by atoms with Crippen molar-refractivity contribution in [1.29, 1.82) is 0 Å². The van der Waals surface area contributed by atoms with Crippen LogP contribution in [0.5, 0.6) is 0 Å². The molecule has 1 heterocycles. The minimum Gasteiger partial charge on any atom is -0.309 e. The van der Waals surface area contributed by atoms with Gasteiger partial charge in [0.25, 0.3) is 0 Å². The molecule has 112 valence electrons. The molecule has 0 saturated carbocycles. The lowest BCUT2D eigenvalue weighted by molar-refractivity contribution is 0.296. The molecule has 0 radical (unpaired) electrons. The van der Waals surface area contributed by atoms with Gasteiger partial charge in [0.2, 0.25) is 0 Å². The monoisotopic (exact) mass is 292 g/mol. The van der Waals surface area contributed by atoms with Crippen molar-refractivity contribution in [2.24, 2.45) is 0 Å². The van der Waals surface area contributed by atoms with E-state index in [1.54, 1.807) is 0 Å². The zero-order chi connectivity index (χ0) is 14.2. The smallest absolute Gasteiger partial charge is 0.0233 e. The highest BCUT2D eigenvalue weighted by Gasteiger charge is 2.12. The van der Waals surface area contributed by atoms with Crippen molar-refractivity contribution in [3.63, 3.8) is 0 Å². The van der Waals surface area contributed by atoms with Gasteiger partial charge in [-0.3, -0.25) is 4.90 Å². The van der Waals surface area contributed by atoms with E-state index in [1.165, 1.54) is 35.5 Å². The van der Waals surface area contributed by atoms with Gasteiger partial charge in [0.1, 0.15) is 0 Å². The maximum Gasteiger partial charge on any atom is 0.0233 e. The summed E-state index contributed by atoms with van der Waals surface area (Å²) in [6.07, 6.45) is 2.71. The zero-order valence-electron chi connectivity index (χ0n) is 12.9. The molecule has 1 N–H and O–H groups in total. The first kappa shape index (κ1) is 15.9. The van der Waals surface area contributed by atoms with E-state index >= 15 is 0 Å². The lowest BCUT2D eigenvalue weighted by atomic mass is 10.1. The van der Waals surface area contributed by atoms with Gasteiger partial charge < -0.3 is 5.32 Å². The van der Waals surface area contributed by atoms with Gasteiger partial charge in [-0.05, 0) is 42.8 Å². The lowest BCUT2D eigenvalue weighted by Crippen LogP contribution is -2.33. The van der Waals surface area contributed by atoms with Gasteiger partial charge in [0, 0.05) is 24.9 Å². The van der Waals surface area contributed by atoms with E-state index < -0.39 is 0 Å². The largest absolute Gasteiger partial charge is 0.309 e. The van der Waals surface area contributed by atoms with Gasteiger partial charge in [0.05, 0.1) is 0 Å². The number of benzene rings is 1. The van der Waals surface area contributed by atoms with Gasteiger partial charge >= 0.3 is 0 Å². The Hall–Kier alpha value is -0.510. The summed E-state index contributed by atoms with van der Waals surface area (Å²) >= 11 is 2.08. The van der Waals surface area contributed by atoms with Crippen molar-refractivity contribution in [2.45, 2.75) is 45.8 Å². The SMILES string of the molecule is CCN(CC)Cc1ccc(CNC2CCCSC2)cc1. The Kier molecular flexibility index (Phi) is 6.91. The predicted octanol–water partition coefficient (Wildman–Crippen LogP) is 3.51. The first-order chi connectivity index (χ1) is 9.81. The Bertz CT molecular complexity index is 367. The van der Waals surface area contributed by atoms with Crippen molar-refractivity contribution in [1.82, 2.24) is 10.2 Å². The second kappa shape index (κ2) is 8.71. The van der Waals surface area contributed by atoms with E-state index in [1.807, 2.05) is 0 Å². The normalized spacial score (nSPS) is 19.4. The molecule has 20 heavy (non-hydrogen) atoms. The molecule has 3 heteroatoms. The van der Waals surface area contributed by atoms with Crippen molar-refractivity contribution < 1.29 is 0 Å². The highest BCUT2D eigenvalue weighted by molar-refractivity contribution is 7.99. The summed E-state index contributed by atoms with van der Waals surface area (Å²) in [6, 6.07) is 9.84. The third-order valence-electron chi connectivity index (χ3n) is 4.08. The summed E-state index contributed by atoms with van der Waals surface area (Å²) in [5, 5.41) is 3.69. The summed E-state index contributed by atoms with van der Waals surface area (Å²) in [6.45, 7) is 8.78. The average molecular weight is 292 g/mol. The first-order valence-electron chi connectivity index (χ1n) is 7.93. The van der Waals surface area contributed by atoms with Crippen LogP contribution in [0.15, 0.2) is 24.3 Å². The van der Waals surface area contributed by atoms with Crippen LogP contribution in [0.25, 0.3) is 0 Å². The molecule has 0 aliphatic carbocycles.